The van der Waals surface area contributed by atoms with Crippen LogP contribution in [-0.4, -0.2) is 23.5 Å². The van der Waals surface area contributed by atoms with Crippen molar-refractivity contribution < 1.29 is 4.79 Å². The molecule has 2 rings (SSSR count). The molecule has 0 saturated heterocycles. The Bertz CT molecular complexity index is 486. The van der Waals surface area contributed by atoms with Gasteiger partial charge in [0.05, 0.1) is 16.7 Å². The number of carbonyl (C=O) groups excluding carboxylic acids is 1. The highest BCUT2D eigenvalue weighted by Gasteiger charge is 2.27. The fourth-order valence-electron chi connectivity index (χ4n) is 2.82. The standard InChI is InChI=1S/C17H29N3OS/c1-17(2,3)15(18)16(21)19-10-9-14-20-13(11-22-14)12-7-5-4-6-8-12/h11-12,15H,4-10,18H2,1-3H3,(H,19,21)/t15-/m1/s1. The largest absolute Gasteiger partial charge is 0.354 e. The van der Waals surface area contributed by atoms with Crippen molar-refractivity contribution in [3.8, 4) is 0 Å². The van der Waals surface area contributed by atoms with Crippen molar-refractivity contribution in [2.75, 3.05) is 6.54 Å². The summed E-state index contributed by atoms with van der Waals surface area (Å²) in [7, 11) is 0. The van der Waals surface area contributed by atoms with E-state index in [1.165, 1.54) is 37.8 Å². The molecule has 1 aromatic heterocycles. The molecule has 124 valence electrons. The van der Waals surface area contributed by atoms with Crippen LogP contribution in [0.2, 0.25) is 0 Å². The summed E-state index contributed by atoms with van der Waals surface area (Å²) >= 11 is 1.72. The lowest BCUT2D eigenvalue weighted by atomic mass is 9.87. The summed E-state index contributed by atoms with van der Waals surface area (Å²) in [6.07, 6.45) is 7.38. The van der Waals surface area contributed by atoms with Gasteiger partial charge in [0.15, 0.2) is 0 Å². The number of nitrogens with two attached hydrogens (primary N) is 1. The number of rotatable bonds is 5. The van der Waals surface area contributed by atoms with Crippen LogP contribution < -0.4 is 11.1 Å². The number of amides is 1. The highest BCUT2D eigenvalue weighted by atomic mass is 32.1. The molecule has 0 aliphatic heterocycles. The van der Waals surface area contributed by atoms with Crippen LogP contribution in [0.4, 0.5) is 0 Å². The maximum atomic E-state index is 12.0. The van der Waals surface area contributed by atoms with E-state index in [0.717, 1.165) is 11.4 Å². The van der Waals surface area contributed by atoms with Crippen LogP contribution in [0.1, 0.15) is 69.5 Å². The zero-order valence-corrected chi connectivity index (χ0v) is 14.8. The summed E-state index contributed by atoms with van der Waals surface area (Å²) in [5, 5.41) is 6.25. The van der Waals surface area contributed by atoms with Gasteiger partial charge in [0, 0.05) is 24.3 Å². The molecule has 1 atom stereocenters. The van der Waals surface area contributed by atoms with Gasteiger partial charge in [-0.05, 0) is 18.3 Å². The Labute approximate surface area is 137 Å². The Kier molecular flexibility index (Phi) is 5.98. The van der Waals surface area contributed by atoms with Gasteiger partial charge in [-0.15, -0.1) is 11.3 Å². The third-order valence-corrected chi connectivity index (χ3v) is 5.37. The lowest BCUT2D eigenvalue weighted by Crippen LogP contribution is -2.48. The van der Waals surface area contributed by atoms with Crippen LogP contribution in [0, 0.1) is 5.41 Å². The van der Waals surface area contributed by atoms with Gasteiger partial charge in [0.2, 0.25) is 5.91 Å². The third kappa shape index (κ3) is 4.78. The summed E-state index contributed by atoms with van der Waals surface area (Å²) in [5.41, 5.74) is 7.00. The average Bonchev–Trinajstić information content (AvgIpc) is 2.95. The minimum atomic E-state index is -0.471. The van der Waals surface area contributed by atoms with Crippen LogP contribution in [0.5, 0.6) is 0 Å². The Balaban J connectivity index is 1.78. The van der Waals surface area contributed by atoms with Crippen molar-refractivity contribution in [3.05, 3.63) is 16.1 Å². The molecule has 0 radical (unpaired) electrons. The van der Waals surface area contributed by atoms with Gasteiger partial charge in [-0.1, -0.05) is 40.0 Å². The second-order valence-electron chi connectivity index (χ2n) is 7.39. The van der Waals surface area contributed by atoms with Crippen molar-refractivity contribution in [2.24, 2.45) is 11.1 Å². The highest BCUT2D eigenvalue weighted by molar-refractivity contribution is 7.09. The summed E-state index contributed by atoms with van der Waals surface area (Å²) in [5.74, 6) is 0.583. The van der Waals surface area contributed by atoms with Crippen molar-refractivity contribution >= 4 is 17.2 Å². The molecule has 1 fully saturated rings. The first-order valence-corrected chi connectivity index (χ1v) is 9.23. The van der Waals surface area contributed by atoms with E-state index in [0.29, 0.717) is 12.5 Å². The first-order chi connectivity index (χ1) is 10.4. The SMILES string of the molecule is CC(C)(C)[C@H](N)C(=O)NCCc1nc(C2CCCCC2)cs1. The molecular weight excluding hydrogens is 294 g/mol. The van der Waals surface area contributed by atoms with E-state index >= 15 is 0 Å². The van der Waals surface area contributed by atoms with Crippen molar-refractivity contribution in [1.82, 2.24) is 10.3 Å². The Morgan fingerprint density at radius 2 is 2.09 bits per heavy atom. The molecule has 0 spiro atoms. The molecule has 1 aliphatic rings. The number of aromatic nitrogens is 1. The molecule has 1 saturated carbocycles. The number of thiazole rings is 1. The normalized spacial score (nSPS) is 18.2. The molecule has 0 bridgehead atoms. The lowest BCUT2D eigenvalue weighted by Gasteiger charge is -2.25. The Hall–Kier alpha value is -0.940. The minimum absolute atomic E-state index is 0.0726. The third-order valence-electron chi connectivity index (χ3n) is 4.45. The second kappa shape index (κ2) is 7.55. The van der Waals surface area contributed by atoms with Crippen LogP contribution >= 0.6 is 11.3 Å². The Morgan fingerprint density at radius 3 is 2.73 bits per heavy atom. The van der Waals surface area contributed by atoms with E-state index in [1.54, 1.807) is 11.3 Å². The number of carbonyl (C=O) groups is 1. The fourth-order valence-corrected chi connectivity index (χ4v) is 3.70. The van der Waals surface area contributed by atoms with Crippen LogP contribution in [0.25, 0.3) is 0 Å². The van der Waals surface area contributed by atoms with E-state index < -0.39 is 6.04 Å². The van der Waals surface area contributed by atoms with Gasteiger partial charge >= 0.3 is 0 Å². The second-order valence-corrected chi connectivity index (χ2v) is 8.33. The quantitative estimate of drug-likeness (QED) is 0.874. The lowest BCUT2D eigenvalue weighted by molar-refractivity contribution is -0.124. The van der Waals surface area contributed by atoms with Gasteiger partial charge in [-0.3, -0.25) is 4.79 Å². The summed E-state index contributed by atoms with van der Waals surface area (Å²) in [6, 6.07) is -0.471. The molecule has 0 aromatic carbocycles. The van der Waals surface area contributed by atoms with Crippen molar-refractivity contribution in [3.63, 3.8) is 0 Å². The number of nitrogens with one attached hydrogen (secondary N) is 1. The number of nitrogens with zero attached hydrogens (tertiary/aromatic N) is 1. The summed E-state index contributed by atoms with van der Waals surface area (Å²) < 4.78 is 0. The predicted molar refractivity (Wildman–Crippen MR) is 92.1 cm³/mol. The average molecular weight is 324 g/mol. The van der Waals surface area contributed by atoms with E-state index in [-0.39, 0.29) is 11.3 Å². The van der Waals surface area contributed by atoms with Crippen molar-refractivity contribution in [1.29, 1.82) is 0 Å². The van der Waals surface area contributed by atoms with Crippen LogP contribution in [0.3, 0.4) is 0 Å². The molecule has 1 aromatic rings. The molecule has 22 heavy (non-hydrogen) atoms. The molecule has 1 aliphatic carbocycles. The van der Waals surface area contributed by atoms with Crippen molar-refractivity contribution in [2.45, 2.75) is 71.3 Å². The first kappa shape index (κ1) is 17.4. The minimum Gasteiger partial charge on any atom is -0.354 e. The molecule has 1 amide bonds. The highest BCUT2D eigenvalue weighted by Crippen LogP contribution is 2.33. The number of hydrogen-bond acceptors (Lipinski definition) is 4. The van der Waals surface area contributed by atoms with Crippen LogP contribution in [0.15, 0.2) is 5.38 Å². The van der Waals surface area contributed by atoms with E-state index in [9.17, 15) is 4.79 Å². The van der Waals surface area contributed by atoms with E-state index in [1.807, 2.05) is 20.8 Å². The molecule has 5 heteroatoms. The molecular formula is C17H29N3OS. The molecule has 4 nitrogen and oxygen atoms in total. The predicted octanol–water partition coefficient (Wildman–Crippen LogP) is 3.22. The summed E-state index contributed by atoms with van der Waals surface area (Å²) in [4.78, 5) is 16.7. The maximum absolute atomic E-state index is 12.0. The van der Waals surface area contributed by atoms with Crippen LogP contribution in [-0.2, 0) is 11.2 Å². The van der Waals surface area contributed by atoms with Gasteiger partial charge in [-0.2, -0.15) is 0 Å². The van der Waals surface area contributed by atoms with E-state index in [4.69, 9.17) is 10.7 Å². The van der Waals surface area contributed by atoms with E-state index in [2.05, 4.69) is 10.7 Å². The zero-order chi connectivity index (χ0) is 16.2. The fraction of sp³-hybridized carbons (Fsp3) is 0.765. The monoisotopic (exact) mass is 323 g/mol. The molecule has 3 N–H and O–H groups in total. The smallest absolute Gasteiger partial charge is 0.237 e. The first-order valence-electron chi connectivity index (χ1n) is 8.35. The van der Waals surface area contributed by atoms with Gasteiger partial charge in [0.25, 0.3) is 0 Å². The van der Waals surface area contributed by atoms with Gasteiger partial charge in [0.1, 0.15) is 0 Å². The van der Waals surface area contributed by atoms with Gasteiger partial charge < -0.3 is 11.1 Å². The van der Waals surface area contributed by atoms with Gasteiger partial charge in [-0.25, -0.2) is 4.98 Å². The molecule has 1 heterocycles. The topological polar surface area (TPSA) is 68.0 Å². The zero-order valence-electron chi connectivity index (χ0n) is 14.0. The molecule has 0 unspecified atom stereocenters. The Morgan fingerprint density at radius 1 is 1.41 bits per heavy atom. The summed E-state index contributed by atoms with van der Waals surface area (Å²) in [6.45, 7) is 6.55. The maximum Gasteiger partial charge on any atom is 0.237 e. The number of hydrogen-bond donors (Lipinski definition) is 2.